The molecular weight excluding hydrogens is 428 g/mol. The van der Waals surface area contributed by atoms with Crippen molar-refractivity contribution in [2.24, 2.45) is 0 Å². The van der Waals surface area contributed by atoms with Crippen LogP contribution >= 0.6 is 22.9 Å². The van der Waals surface area contributed by atoms with Crippen molar-refractivity contribution >= 4 is 43.9 Å². The second-order valence-corrected chi connectivity index (χ2v) is 10.1. The molecule has 3 atom stereocenters. The lowest BCUT2D eigenvalue weighted by Gasteiger charge is -2.38. The van der Waals surface area contributed by atoms with E-state index in [0.717, 1.165) is 41.1 Å². The topological polar surface area (TPSA) is 48.5 Å². The Morgan fingerprint density at radius 3 is 3.03 bits per heavy atom. The fraction of sp³-hybridized carbons (Fsp3) is 0.360. The Kier molecular flexibility index (Phi) is 5.93. The van der Waals surface area contributed by atoms with E-state index in [1.807, 2.05) is 47.9 Å². The van der Waals surface area contributed by atoms with Gasteiger partial charge in [-0.25, -0.2) is 0 Å². The van der Waals surface area contributed by atoms with Crippen molar-refractivity contribution in [1.29, 1.82) is 0 Å². The lowest BCUT2D eigenvalue weighted by Crippen LogP contribution is -2.45. The third-order valence-corrected chi connectivity index (χ3v) is 7.86. The zero-order valence-corrected chi connectivity index (χ0v) is 19.1. The number of nitrogens with one attached hydrogen (secondary N) is 1. The van der Waals surface area contributed by atoms with Gasteiger partial charge < -0.3 is 14.8 Å². The van der Waals surface area contributed by atoms with E-state index in [0.29, 0.717) is 25.1 Å². The van der Waals surface area contributed by atoms with Gasteiger partial charge in [-0.2, -0.15) is 0 Å². The molecular formula is C25H27ClN2O2S. The molecule has 5 rings (SSSR count). The number of β-amino-alcohol motifs (C(OH)–C–C–N with tert-alkyl or cyclic N) is 1. The quantitative estimate of drug-likeness (QED) is 0.373. The number of likely N-dealkylation sites (tertiary alicyclic amines) is 1. The summed E-state index contributed by atoms with van der Waals surface area (Å²) >= 11 is 8.04. The van der Waals surface area contributed by atoms with E-state index in [1.54, 1.807) is 0 Å². The molecule has 0 saturated carbocycles. The molecule has 1 aliphatic rings. The molecule has 0 bridgehead atoms. The largest absolute Gasteiger partial charge is 0.490 e. The maximum atomic E-state index is 10.6. The number of benzene rings is 2. The summed E-state index contributed by atoms with van der Waals surface area (Å²) in [5.41, 5.74) is 1.05. The average molecular weight is 455 g/mol. The number of aliphatic hydroxyl groups excluding tert-OH is 1. The molecule has 0 unspecified atom stereocenters. The van der Waals surface area contributed by atoms with Gasteiger partial charge in [-0.3, -0.25) is 4.90 Å². The van der Waals surface area contributed by atoms with E-state index >= 15 is 0 Å². The molecule has 1 saturated heterocycles. The minimum Gasteiger partial charge on any atom is -0.490 e. The number of fused-ring (bicyclic) bond motifs is 2. The van der Waals surface area contributed by atoms with Crippen LogP contribution in [0.15, 0.2) is 54.7 Å². The summed E-state index contributed by atoms with van der Waals surface area (Å²) in [5.74, 6) is 1.39. The predicted octanol–water partition coefficient (Wildman–Crippen LogP) is 6.04. The molecule has 4 nitrogen and oxygen atoms in total. The van der Waals surface area contributed by atoms with Gasteiger partial charge in [0.1, 0.15) is 18.5 Å². The molecule has 0 radical (unpaired) electrons. The first-order valence-electron chi connectivity index (χ1n) is 10.9. The second-order valence-electron chi connectivity index (χ2n) is 8.56. The summed E-state index contributed by atoms with van der Waals surface area (Å²) in [5, 5.41) is 13.7. The molecule has 1 fully saturated rings. The molecule has 4 aromatic rings. The zero-order chi connectivity index (χ0) is 21.4. The van der Waals surface area contributed by atoms with Crippen molar-refractivity contribution in [1.82, 2.24) is 9.88 Å². The van der Waals surface area contributed by atoms with E-state index in [1.165, 1.54) is 15.0 Å². The molecule has 2 aromatic heterocycles. The van der Waals surface area contributed by atoms with Crippen LogP contribution in [0.3, 0.4) is 0 Å². The lowest BCUT2D eigenvalue weighted by molar-refractivity contribution is 0.0408. The molecule has 2 N–H and O–H groups in total. The van der Waals surface area contributed by atoms with Crippen LogP contribution < -0.4 is 4.74 Å². The number of piperidine rings is 1. The summed E-state index contributed by atoms with van der Waals surface area (Å²) in [4.78, 5) is 7.04. The summed E-state index contributed by atoms with van der Waals surface area (Å²) < 4.78 is 7.25. The molecule has 0 spiro atoms. The minimum absolute atomic E-state index is 0.300. The lowest BCUT2D eigenvalue weighted by atomic mass is 9.90. The van der Waals surface area contributed by atoms with Gasteiger partial charge in [0.2, 0.25) is 0 Å². The van der Waals surface area contributed by atoms with Crippen molar-refractivity contribution in [2.45, 2.75) is 37.8 Å². The Bertz CT molecular complexity index is 1190. The molecule has 162 valence electrons. The van der Waals surface area contributed by atoms with E-state index in [9.17, 15) is 5.11 Å². The number of aromatic nitrogens is 1. The Labute approximate surface area is 191 Å². The normalized spacial score (nSPS) is 21.0. The number of rotatable bonds is 6. The molecule has 0 aliphatic carbocycles. The van der Waals surface area contributed by atoms with E-state index in [2.05, 4.69) is 35.0 Å². The Morgan fingerprint density at radius 2 is 2.16 bits per heavy atom. The SMILES string of the molecule is C[C@H]1C[C@@H](c2cc3cc(Cl)ccc3s2)CCN1C[C@H](O)COc1cccc2[nH]ccc12. The first-order chi connectivity index (χ1) is 15.1. The third kappa shape index (κ3) is 4.46. The van der Waals surface area contributed by atoms with Crippen LogP contribution in [0.5, 0.6) is 5.75 Å². The standard InChI is InChI=1S/C25H27ClN2O2S/c1-16-11-17(25-13-18-12-19(26)5-6-24(18)31-25)8-10-28(16)14-20(29)15-30-23-4-2-3-22-21(23)7-9-27-22/h2-7,9,12-13,16-17,20,27,29H,8,10-11,14-15H2,1H3/t16-,17-,20-/m0/s1. The maximum absolute atomic E-state index is 10.6. The van der Waals surface area contributed by atoms with Gasteiger partial charge in [-0.05, 0) is 80.1 Å². The fourth-order valence-electron chi connectivity index (χ4n) is 4.68. The second kappa shape index (κ2) is 8.83. The summed E-state index contributed by atoms with van der Waals surface area (Å²) in [6.07, 6.45) is 3.61. The van der Waals surface area contributed by atoms with Gasteiger partial charge in [0.25, 0.3) is 0 Å². The van der Waals surface area contributed by atoms with Gasteiger partial charge in [0.15, 0.2) is 0 Å². The number of ether oxygens (including phenoxy) is 1. The maximum Gasteiger partial charge on any atom is 0.128 e. The van der Waals surface area contributed by atoms with Crippen LogP contribution in [0, 0.1) is 0 Å². The number of aromatic amines is 1. The van der Waals surface area contributed by atoms with Crippen molar-refractivity contribution < 1.29 is 9.84 Å². The number of nitrogens with zero attached hydrogens (tertiary/aromatic N) is 1. The average Bonchev–Trinajstić information content (AvgIpc) is 3.40. The monoisotopic (exact) mass is 454 g/mol. The number of hydrogen-bond donors (Lipinski definition) is 2. The van der Waals surface area contributed by atoms with Gasteiger partial charge in [-0.1, -0.05) is 17.7 Å². The predicted molar refractivity (Wildman–Crippen MR) is 130 cm³/mol. The summed E-state index contributed by atoms with van der Waals surface area (Å²) in [6, 6.07) is 16.8. The fourth-order valence-corrected chi connectivity index (χ4v) is 6.05. The van der Waals surface area contributed by atoms with Crippen LogP contribution in [0.25, 0.3) is 21.0 Å². The molecule has 2 aromatic carbocycles. The molecule has 31 heavy (non-hydrogen) atoms. The van der Waals surface area contributed by atoms with E-state index < -0.39 is 6.10 Å². The zero-order valence-electron chi connectivity index (χ0n) is 17.6. The highest BCUT2D eigenvalue weighted by molar-refractivity contribution is 7.19. The van der Waals surface area contributed by atoms with Crippen LogP contribution in [0.4, 0.5) is 0 Å². The Balaban J connectivity index is 1.17. The van der Waals surface area contributed by atoms with Crippen molar-refractivity contribution in [2.75, 3.05) is 19.7 Å². The third-order valence-electron chi connectivity index (χ3n) is 6.34. The summed E-state index contributed by atoms with van der Waals surface area (Å²) in [7, 11) is 0. The van der Waals surface area contributed by atoms with Gasteiger partial charge in [0.05, 0.1) is 0 Å². The number of hydrogen-bond acceptors (Lipinski definition) is 4. The minimum atomic E-state index is -0.514. The van der Waals surface area contributed by atoms with Crippen LogP contribution in [0.2, 0.25) is 5.02 Å². The summed E-state index contributed by atoms with van der Waals surface area (Å²) in [6.45, 7) is 4.20. The van der Waals surface area contributed by atoms with Crippen LogP contribution in [-0.2, 0) is 0 Å². The van der Waals surface area contributed by atoms with Crippen LogP contribution in [0.1, 0.15) is 30.6 Å². The first kappa shape index (κ1) is 20.8. The first-order valence-corrected chi connectivity index (χ1v) is 12.1. The number of aliphatic hydroxyl groups is 1. The number of halogens is 1. The Hall–Kier alpha value is -2.05. The van der Waals surface area contributed by atoms with Crippen molar-refractivity contribution in [3.63, 3.8) is 0 Å². The van der Waals surface area contributed by atoms with Gasteiger partial charge >= 0.3 is 0 Å². The molecule has 0 amide bonds. The van der Waals surface area contributed by atoms with Gasteiger partial charge in [-0.15, -0.1) is 11.3 Å². The van der Waals surface area contributed by atoms with E-state index in [-0.39, 0.29) is 0 Å². The highest BCUT2D eigenvalue weighted by Gasteiger charge is 2.28. The highest BCUT2D eigenvalue weighted by Crippen LogP contribution is 2.38. The smallest absolute Gasteiger partial charge is 0.128 e. The van der Waals surface area contributed by atoms with E-state index in [4.69, 9.17) is 16.3 Å². The van der Waals surface area contributed by atoms with Crippen molar-refractivity contribution in [3.8, 4) is 5.75 Å². The van der Waals surface area contributed by atoms with Crippen molar-refractivity contribution in [3.05, 3.63) is 64.6 Å². The number of H-pyrrole nitrogens is 1. The molecule has 3 heterocycles. The van der Waals surface area contributed by atoms with Gasteiger partial charge in [0, 0.05) is 44.3 Å². The highest BCUT2D eigenvalue weighted by atomic mass is 35.5. The Morgan fingerprint density at radius 1 is 1.26 bits per heavy atom. The molecule has 6 heteroatoms. The molecule has 1 aliphatic heterocycles. The van der Waals surface area contributed by atoms with Crippen LogP contribution in [-0.4, -0.2) is 46.8 Å². The number of thiophene rings is 1.